The van der Waals surface area contributed by atoms with E-state index < -0.39 is 0 Å². The number of fused-ring (bicyclic) bond motifs is 1. The van der Waals surface area contributed by atoms with Gasteiger partial charge in [-0.25, -0.2) is 4.79 Å². The first-order valence-corrected chi connectivity index (χ1v) is 9.19. The minimum atomic E-state index is -0.341. The molecule has 0 radical (unpaired) electrons. The van der Waals surface area contributed by atoms with E-state index in [1.165, 1.54) is 4.90 Å². The number of nitrogens with one attached hydrogen (secondary N) is 2. The first-order valence-electron chi connectivity index (χ1n) is 9.19. The van der Waals surface area contributed by atoms with E-state index in [-0.39, 0.29) is 54.6 Å². The van der Waals surface area contributed by atoms with Gasteiger partial charge >= 0.3 is 6.03 Å². The lowest BCUT2D eigenvalue weighted by Crippen LogP contribution is -2.40. The fourth-order valence-electron chi connectivity index (χ4n) is 4.45. The molecule has 2 bridgehead atoms. The number of benzene rings is 1. The van der Waals surface area contributed by atoms with E-state index in [1.807, 2.05) is 31.2 Å². The van der Waals surface area contributed by atoms with E-state index >= 15 is 0 Å². The summed E-state index contributed by atoms with van der Waals surface area (Å²) in [5.41, 5.74) is 1.82. The number of likely N-dealkylation sites (tertiary alicyclic amines) is 1. The zero-order valence-electron chi connectivity index (χ0n) is 14.8. The van der Waals surface area contributed by atoms with Crippen molar-refractivity contribution in [2.45, 2.75) is 19.8 Å². The Labute approximate surface area is 152 Å². The summed E-state index contributed by atoms with van der Waals surface area (Å²) in [5.74, 6) is -0.117. The molecule has 1 aliphatic heterocycles. The first kappa shape index (κ1) is 16.8. The number of carbonyl (C=O) groups excluding carboxylic acids is 3. The topological polar surface area (TPSA) is 78.5 Å². The van der Waals surface area contributed by atoms with Gasteiger partial charge in [-0.2, -0.15) is 0 Å². The Morgan fingerprint density at radius 3 is 2.15 bits per heavy atom. The molecule has 136 valence electrons. The summed E-state index contributed by atoms with van der Waals surface area (Å²) < 4.78 is 0. The maximum absolute atomic E-state index is 12.7. The lowest BCUT2D eigenvalue weighted by atomic mass is 9.63. The van der Waals surface area contributed by atoms with Crippen molar-refractivity contribution in [1.82, 2.24) is 10.2 Å². The summed E-state index contributed by atoms with van der Waals surface area (Å²) in [6.45, 7) is 2.45. The molecular formula is C20H23N3O3. The maximum atomic E-state index is 12.7. The van der Waals surface area contributed by atoms with Gasteiger partial charge in [0.15, 0.2) is 0 Å². The average molecular weight is 353 g/mol. The first-order chi connectivity index (χ1) is 12.5. The molecule has 2 N–H and O–H groups in total. The van der Waals surface area contributed by atoms with Crippen LogP contribution in [0.15, 0.2) is 36.4 Å². The molecular weight excluding hydrogens is 330 g/mol. The zero-order chi connectivity index (χ0) is 18.3. The Morgan fingerprint density at radius 1 is 1.04 bits per heavy atom. The van der Waals surface area contributed by atoms with Crippen LogP contribution in [0.2, 0.25) is 0 Å². The summed E-state index contributed by atoms with van der Waals surface area (Å²) in [7, 11) is 0. The third-order valence-electron chi connectivity index (χ3n) is 5.78. The van der Waals surface area contributed by atoms with Crippen LogP contribution in [0.3, 0.4) is 0 Å². The average Bonchev–Trinajstić information content (AvgIpc) is 2.92. The lowest BCUT2D eigenvalue weighted by Gasteiger charge is -2.38. The molecule has 6 nitrogen and oxygen atoms in total. The summed E-state index contributed by atoms with van der Waals surface area (Å²) in [5, 5.41) is 5.46. The van der Waals surface area contributed by atoms with Gasteiger partial charge < -0.3 is 10.6 Å². The van der Waals surface area contributed by atoms with Crippen molar-refractivity contribution >= 4 is 23.5 Å². The second-order valence-electron chi connectivity index (χ2n) is 7.42. The monoisotopic (exact) mass is 353 g/mol. The van der Waals surface area contributed by atoms with Crippen LogP contribution in [0.5, 0.6) is 0 Å². The molecule has 3 aliphatic carbocycles. The Morgan fingerprint density at radius 2 is 1.62 bits per heavy atom. The number of imide groups is 1. The van der Waals surface area contributed by atoms with Gasteiger partial charge in [0, 0.05) is 18.8 Å². The molecule has 0 spiro atoms. The Bertz CT molecular complexity index is 739. The van der Waals surface area contributed by atoms with Gasteiger partial charge in [0.1, 0.15) is 0 Å². The molecule has 4 amide bonds. The number of hydrogen-bond acceptors (Lipinski definition) is 3. The lowest BCUT2D eigenvalue weighted by molar-refractivity contribution is -0.140. The number of urea groups is 1. The predicted octanol–water partition coefficient (Wildman–Crippen LogP) is 2.31. The van der Waals surface area contributed by atoms with Crippen LogP contribution in [0, 0.1) is 30.6 Å². The Balaban J connectivity index is 1.31. The van der Waals surface area contributed by atoms with Gasteiger partial charge in [0.05, 0.1) is 11.8 Å². The van der Waals surface area contributed by atoms with E-state index in [2.05, 4.69) is 22.8 Å². The number of carbonyl (C=O) groups is 3. The zero-order valence-corrected chi connectivity index (χ0v) is 14.8. The molecule has 1 heterocycles. The SMILES string of the molecule is Cc1ccc(NC(=O)NCCN2C(=O)[C@@H]3[C@H](C2=O)[C@H]2C=C[C@H]3CC2)cc1. The Kier molecular flexibility index (Phi) is 4.26. The summed E-state index contributed by atoms with van der Waals surface area (Å²) in [6, 6.07) is 7.15. The Hall–Kier alpha value is -2.63. The molecule has 0 aromatic heterocycles. The summed E-state index contributed by atoms with van der Waals surface area (Å²) in [4.78, 5) is 38.7. The highest BCUT2D eigenvalue weighted by atomic mass is 16.2. The molecule has 1 aromatic rings. The van der Waals surface area contributed by atoms with Crippen LogP contribution < -0.4 is 10.6 Å². The van der Waals surface area contributed by atoms with Crippen LogP contribution >= 0.6 is 0 Å². The molecule has 5 rings (SSSR count). The smallest absolute Gasteiger partial charge is 0.319 e. The maximum Gasteiger partial charge on any atom is 0.319 e. The minimum absolute atomic E-state index is 0.0696. The van der Waals surface area contributed by atoms with E-state index in [9.17, 15) is 14.4 Å². The van der Waals surface area contributed by atoms with Crippen molar-refractivity contribution in [1.29, 1.82) is 0 Å². The molecule has 1 aromatic carbocycles. The van der Waals surface area contributed by atoms with Gasteiger partial charge in [-0.05, 0) is 43.7 Å². The van der Waals surface area contributed by atoms with Gasteiger partial charge in [-0.3, -0.25) is 14.5 Å². The van der Waals surface area contributed by atoms with Crippen molar-refractivity contribution in [3.8, 4) is 0 Å². The second-order valence-corrected chi connectivity index (χ2v) is 7.42. The third-order valence-corrected chi connectivity index (χ3v) is 5.78. The fourth-order valence-corrected chi connectivity index (χ4v) is 4.45. The molecule has 0 unspecified atom stereocenters. The summed E-state index contributed by atoms with van der Waals surface area (Å²) >= 11 is 0. The van der Waals surface area contributed by atoms with E-state index in [0.717, 1.165) is 18.4 Å². The second kappa shape index (κ2) is 6.59. The van der Waals surface area contributed by atoms with Crippen LogP contribution in [0.4, 0.5) is 10.5 Å². The highest BCUT2D eigenvalue weighted by molar-refractivity contribution is 6.06. The largest absolute Gasteiger partial charge is 0.336 e. The number of amides is 4. The van der Waals surface area contributed by atoms with Gasteiger partial charge in [0.2, 0.25) is 11.8 Å². The van der Waals surface area contributed by atoms with E-state index in [0.29, 0.717) is 5.69 Å². The molecule has 1 saturated heterocycles. The van der Waals surface area contributed by atoms with Crippen molar-refractivity contribution in [2.75, 3.05) is 18.4 Å². The standard InChI is InChI=1S/C20H23N3O3/c1-12-2-8-15(9-3-12)22-20(26)21-10-11-23-18(24)16-13-4-5-14(7-6-13)17(16)19(23)25/h2-5,8-9,13-14,16-17H,6-7,10-11H2,1H3,(H2,21,22,26)/t13-,14-,16-,17+/m0/s1. The highest BCUT2D eigenvalue weighted by Crippen LogP contribution is 2.49. The van der Waals surface area contributed by atoms with Crippen molar-refractivity contribution < 1.29 is 14.4 Å². The number of anilines is 1. The quantitative estimate of drug-likeness (QED) is 0.644. The molecule has 4 atom stereocenters. The van der Waals surface area contributed by atoms with E-state index in [1.54, 1.807) is 0 Å². The van der Waals surface area contributed by atoms with Crippen LogP contribution in [0.25, 0.3) is 0 Å². The molecule has 2 fully saturated rings. The number of nitrogens with zero attached hydrogens (tertiary/aromatic N) is 1. The van der Waals surface area contributed by atoms with Gasteiger partial charge in [0.25, 0.3) is 0 Å². The van der Waals surface area contributed by atoms with Crippen molar-refractivity contribution in [2.24, 2.45) is 23.7 Å². The third kappa shape index (κ3) is 2.89. The van der Waals surface area contributed by atoms with Crippen LogP contribution in [-0.4, -0.2) is 35.8 Å². The fraction of sp³-hybridized carbons (Fsp3) is 0.450. The van der Waals surface area contributed by atoms with E-state index in [4.69, 9.17) is 0 Å². The van der Waals surface area contributed by atoms with Crippen LogP contribution in [0.1, 0.15) is 18.4 Å². The van der Waals surface area contributed by atoms with Gasteiger partial charge in [-0.15, -0.1) is 0 Å². The predicted molar refractivity (Wildman–Crippen MR) is 97.3 cm³/mol. The summed E-state index contributed by atoms with van der Waals surface area (Å²) in [6.07, 6.45) is 6.20. The molecule has 6 heteroatoms. The molecule has 4 aliphatic rings. The normalized spacial score (nSPS) is 29.0. The number of aryl methyl sites for hydroxylation is 1. The van der Waals surface area contributed by atoms with Gasteiger partial charge in [-0.1, -0.05) is 29.8 Å². The van der Waals surface area contributed by atoms with Crippen molar-refractivity contribution in [3.05, 3.63) is 42.0 Å². The number of allylic oxidation sites excluding steroid dienone is 2. The number of hydrogen-bond donors (Lipinski definition) is 2. The number of rotatable bonds is 4. The molecule has 26 heavy (non-hydrogen) atoms. The van der Waals surface area contributed by atoms with Crippen molar-refractivity contribution in [3.63, 3.8) is 0 Å². The minimum Gasteiger partial charge on any atom is -0.336 e. The molecule has 1 saturated carbocycles. The van der Waals surface area contributed by atoms with Crippen LogP contribution in [-0.2, 0) is 9.59 Å². The highest BCUT2D eigenvalue weighted by Gasteiger charge is 2.56.